The fraction of sp³-hybridized carbons (Fsp3) is 0.0476. The van der Waals surface area contributed by atoms with Crippen LogP contribution >= 0.6 is 11.6 Å². The van der Waals surface area contributed by atoms with Gasteiger partial charge in [-0.25, -0.2) is 13.8 Å². The topological polar surface area (TPSA) is 122 Å². The van der Waals surface area contributed by atoms with Gasteiger partial charge in [0.25, 0.3) is 21.6 Å². The van der Waals surface area contributed by atoms with Gasteiger partial charge >= 0.3 is 0 Å². The van der Waals surface area contributed by atoms with E-state index in [2.05, 4.69) is 10.5 Å². The number of non-ortho nitro benzene ring substituents is 1. The van der Waals surface area contributed by atoms with Gasteiger partial charge in [0.2, 0.25) is 0 Å². The summed E-state index contributed by atoms with van der Waals surface area (Å²) < 4.78 is 27.3. The zero-order chi connectivity index (χ0) is 23.1. The first-order valence-corrected chi connectivity index (χ1v) is 11.0. The summed E-state index contributed by atoms with van der Waals surface area (Å²) in [5.74, 6) is -0.692. The summed E-state index contributed by atoms with van der Waals surface area (Å²) in [6.45, 7) is -0.546. The molecular weight excluding hydrogens is 456 g/mol. The van der Waals surface area contributed by atoms with Crippen LogP contribution < -0.4 is 9.73 Å². The molecule has 11 heteroatoms. The Bertz CT molecular complexity index is 1250. The molecule has 0 aliphatic rings. The van der Waals surface area contributed by atoms with E-state index in [1.165, 1.54) is 54.7 Å². The second kappa shape index (κ2) is 10.0. The lowest BCUT2D eigenvalue weighted by Crippen LogP contribution is -2.39. The number of rotatable bonds is 8. The number of benzene rings is 3. The van der Waals surface area contributed by atoms with Crippen molar-refractivity contribution < 1.29 is 18.1 Å². The zero-order valence-electron chi connectivity index (χ0n) is 16.5. The van der Waals surface area contributed by atoms with Crippen LogP contribution in [0.4, 0.5) is 11.4 Å². The predicted molar refractivity (Wildman–Crippen MR) is 121 cm³/mol. The Kier molecular flexibility index (Phi) is 7.18. The molecular formula is C21H17ClN4O5S. The minimum absolute atomic E-state index is 0.0159. The summed E-state index contributed by atoms with van der Waals surface area (Å²) in [6, 6.07) is 19.4. The maximum Gasteiger partial charge on any atom is 0.269 e. The third kappa shape index (κ3) is 5.68. The number of carbonyl (C=O) groups is 1. The van der Waals surface area contributed by atoms with Gasteiger partial charge in [-0.3, -0.25) is 19.2 Å². The van der Waals surface area contributed by atoms with E-state index in [4.69, 9.17) is 11.6 Å². The van der Waals surface area contributed by atoms with Gasteiger partial charge < -0.3 is 0 Å². The molecule has 3 aromatic rings. The van der Waals surface area contributed by atoms with E-state index in [1.807, 2.05) is 0 Å². The normalized spacial score (nSPS) is 11.3. The molecule has 3 rings (SSSR count). The Balaban J connectivity index is 1.79. The number of amides is 1. The van der Waals surface area contributed by atoms with E-state index in [1.54, 1.807) is 30.3 Å². The number of hydrogen-bond acceptors (Lipinski definition) is 6. The first-order chi connectivity index (χ1) is 15.3. The smallest absolute Gasteiger partial charge is 0.269 e. The van der Waals surface area contributed by atoms with Crippen molar-refractivity contribution >= 4 is 45.1 Å². The molecule has 0 atom stereocenters. The Hall–Kier alpha value is -3.76. The highest BCUT2D eigenvalue weighted by Gasteiger charge is 2.27. The Morgan fingerprint density at radius 3 is 2.38 bits per heavy atom. The molecule has 1 N–H and O–H groups in total. The van der Waals surface area contributed by atoms with Crippen LogP contribution in [0.3, 0.4) is 0 Å². The number of halogens is 1. The van der Waals surface area contributed by atoms with Crippen molar-refractivity contribution in [3.05, 3.63) is 99.6 Å². The molecule has 1 amide bonds. The lowest BCUT2D eigenvalue weighted by Gasteiger charge is -2.23. The maximum absolute atomic E-state index is 13.2. The molecule has 0 aromatic heterocycles. The first kappa shape index (κ1) is 22.9. The molecule has 0 unspecified atom stereocenters. The molecule has 0 aliphatic carbocycles. The summed E-state index contributed by atoms with van der Waals surface area (Å²) in [4.78, 5) is 22.7. The molecule has 3 aromatic carbocycles. The fourth-order valence-electron chi connectivity index (χ4n) is 2.69. The van der Waals surface area contributed by atoms with Crippen LogP contribution in [0.25, 0.3) is 0 Å². The number of nitrogens with zero attached hydrogens (tertiary/aromatic N) is 3. The quantitative estimate of drug-likeness (QED) is 0.305. The van der Waals surface area contributed by atoms with Gasteiger partial charge in [0.1, 0.15) is 6.54 Å². The summed E-state index contributed by atoms with van der Waals surface area (Å²) in [5.41, 5.74) is 2.92. The summed E-state index contributed by atoms with van der Waals surface area (Å²) >= 11 is 6.02. The average Bonchev–Trinajstić information content (AvgIpc) is 2.78. The van der Waals surface area contributed by atoms with E-state index < -0.39 is 27.4 Å². The second-order valence-electron chi connectivity index (χ2n) is 6.45. The van der Waals surface area contributed by atoms with Gasteiger partial charge in [0.05, 0.1) is 21.7 Å². The summed E-state index contributed by atoms with van der Waals surface area (Å²) in [7, 11) is -4.06. The molecule has 0 fully saturated rings. The number of anilines is 1. The fourth-order valence-corrected chi connectivity index (χ4v) is 4.31. The molecule has 0 saturated carbocycles. The molecule has 0 heterocycles. The molecule has 32 heavy (non-hydrogen) atoms. The van der Waals surface area contributed by atoms with Gasteiger partial charge in [-0.05, 0) is 48.0 Å². The molecule has 9 nitrogen and oxygen atoms in total. The lowest BCUT2D eigenvalue weighted by molar-refractivity contribution is -0.384. The number of nitrogens with one attached hydrogen (secondary N) is 1. The highest BCUT2D eigenvalue weighted by atomic mass is 35.5. The number of hydrogen-bond donors (Lipinski definition) is 1. The van der Waals surface area contributed by atoms with Crippen LogP contribution in [-0.2, 0) is 14.8 Å². The third-order valence-corrected chi connectivity index (χ3v) is 6.24. The van der Waals surface area contributed by atoms with Crippen molar-refractivity contribution in [2.45, 2.75) is 4.90 Å². The number of carbonyl (C=O) groups excluding carboxylic acids is 1. The minimum atomic E-state index is -4.06. The number of nitro groups is 1. The maximum atomic E-state index is 13.2. The van der Waals surface area contributed by atoms with Crippen molar-refractivity contribution in [2.24, 2.45) is 5.10 Å². The van der Waals surface area contributed by atoms with Crippen LogP contribution in [-0.4, -0.2) is 32.0 Å². The predicted octanol–water partition coefficient (Wildman–Crippen LogP) is 3.59. The Labute approximate surface area is 189 Å². The zero-order valence-corrected chi connectivity index (χ0v) is 18.0. The summed E-state index contributed by atoms with van der Waals surface area (Å²) in [6.07, 6.45) is 1.29. The Morgan fingerprint density at radius 1 is 1.06 bits per heavy atom. The Morgan fingerprint density at radius 2 is 1.75 bits per heavy atom. The largest absolute Gasteiger partial charge is 0.271 e. The molecule has 0 radical (unpaired) electrons. The molecule has 0 aliphatic heterocycles. The van der Waals surface area contributed by atoms with Crippen molar-refractivity contribution in [3.8, 4) is 0 Å². The molecule has 164 valence electrons. The standard InChI is InChI=1S/C21H17ClN4O5S/c22-17-5-4-6-19(13-17)25(32(30,31)20-7-2-1-3-8-20)15-21(27)24-23-14-16-9-11-18(12-10-16)26(28)29/h1-14H,15H2,(H,24,27). The van der Waals surface area contributed by atoms with Crippen LogP contribution in [0.15, 0.2) is 88.9 Å². The highest BCUT2D eigenvalue weighted by Crippen LogP contribution is 2.25. The second-order valence-corrected chi connectivity index (χ2v) is 8.75. The monoisotopic (exact) mass is 472 g/mol. The van der Waals surface area contributed by atoms with E-state index in [0.717, 1.165) is 4.31 Å². The SMILES string of the molecule is O=C(CN(c1cccc(Cl)c1)S(=O)(=O)c1ccccc1)NN=Cc1ccc([N+](=O)[O-])cc1. The molecule has 0 spiro atoms. The van der Waals surface area contributed by atoms with Gasteiger partial charge in [-0.1, -0.05) is 35.9 Å². The third-order valence-electron chi connectivity index (χ3n) is 4.22. The van der Waals surface area contributed by atoms with Crippen LogP contribution in [0.2, 0.25) is 5.02 Å². The first-order valence-electron chi connectivity index (χ1n) is 9.17. The van der Waals surface area contributed by atoms with Crippen molar-refractivity contribution in [2.75, 3.05) is 10.8 Å². The van der Waals surface area contributed by atoms with E-state index >= 15 is 0 Å². The molecule has 0 saturated heterocycles. The number of sulfonamides is 1. The molecule has 0 bridgehead atoms. The average molecular weight is 473 g/mol. The van der Waals surface area contributed by atoms with Crippen LogP contribution in [0, 0.1) is 10.1 Å². The van der Waals surface area contributed by atoms with E-state index in [0.29, 0.717) is 10.6 Å². The van der Waals surface area contributed by atoms with Crippen LogP contribution in [0.1, 0.15) is 5.56 Å². The highest BCUT2D eigenvalue weighted by molar-refractivity contribution is 7.92. The lowest BCUT2D eigenvalue weighted by atomic mass is 10.2. The number of nitro benzene ring substituents is 1. The summed E-state index contributed by atoms with van der Waals surface area (Å²) in [5, 5.41) is 14.8. The number of hydrazone groups is 1. The van der Waals surface area contributed by atoms with Crippen LogP contribution in [0.5, 0.6) is 0 Å². The van der Waals surface area contributed by atoms with Crippen molar-refractivity contribution in [1.29, 1.82) is 0 Å². The van der Waals surface area contributed by atoms with Crippen molar-refractivity contribution in [3.63, 3.8) is 0 Å². The van der Waals surface area contributed by atoms with E-state index in [9.17, 15) is 23.3 Å². The minimum Gasteiger partial charge on any atom is -0.271 e. The van der Waals surface area contributed by atoms with Gasteiger partial charge in [-0.2, -0.15) is 5.10 Å². The van der Waals surface area contributed by atoms with E-state index in [-0.39, 0.29) is 16.3 Å². The van der Waals surface area contributed by atoms with Gasteiger partial charge in [0, 0.05) is 17.2 Å². The van der Waals surface area contributed by atoms with Crippen molar-refractivity contribution in [1.82, 2.24) is 5.43 Å². The van der Waals surface area contributed by atoms with Gasteiger partial charge in [0.15, 0.2) is 0 Å². The van der Waals surface area contributed by atoms with Gasteiger partial charge in [-0.15, -0.1) is 0 Å².